The summed E-state index contributed by atoms with van der Waals surface area (Å²) in [4.78, 5) is 17.6. The maximum absolute atomic E-state index is 14.9. The van der Waals surface area contributed by atoms with E-state index in [-0.39, 0.29) is 33.7 Å². The van der Waals surface area contributed by atoms with Gasteiger partial charge in [0.25, 0.3) is 0 Å². The van der Waals surface area contributed by atoms with Crippen LogP contribution in [0, 0.1) is 45.9 Å². The number of carbonyl (C=O) groups excluding carboxylic acids is 1. The van der Waals surface area contributed by atoms with Gasteiger partial charge in [0.05, 0.1) is 16.8 Å². The third-order valence-corrected chi connectivity index (χ3v) is 5.57. The van der Waals surface area contributed by atoms with Gasteiger partial charge in [-0.05, 0) is 17.7 Å². The Balaban J connectivity index is 2.04. The lowest BCUT2D eigenvalue weighted by molar-refractivity contribution is 0.103. The summed E-state index contributed by atoms with van der Waals surface area (Å²) in [6.45, 7) is 0. The van der Waals surface area contributed by atoms with Gasteiger partial charge < -0.3 is 5.11 Å². The number of Topliss-reactive ketones (excluding diaryl/α,β-unsaturated/α-hetero) is 1. The number of halogens is 4. The van der Waals surface area contributed by atoms with Crippen molar-refractivity contribution in [3.8, 4) is 29.1 Å². The summed E-state index contributed by atoms with van der Waals surface area (Å²) in [6.07, 6.45) is 1.42. The van der Waals surface area contributed by atoms with Crippen molar-refractivity contribution in [1.29, 1.82) is 10.5 Å². The molecule has 0 bridgehead atoms. The minimum Gasteiger partial charge on any atom is -0.507 e. The van der Waals surface area contributed by atoms with Crippen molar-refractivity contribution < 1.29 is 27.5 Å². The number of rotatable bonds is 0. The first-order valence-electron chi connectivity index (χ1n) is 9.31. The van der Waals surface area contributed by atoms with Crippen LogP contribution in [0.2, 0.25) is 0 Å². The van der Waals surface area contributed by atoms with Crippen LogP contribution < -0.4 is 0 Å². The van der Waals surface area contributed by atoms with Gasteiger partial charge in [0.1, 0.15) is 23.5 Å². The Morgan fingerprint density at radius 3 is 2.12 bits per heavy atom. The lowest BCUT2D eigenvalue weighted by atomic mass is 9.91. The van der Waals surface area contributed by atoms with Crippen molar-refractivity contribution in [2.45, 2.75) is 0 Å². The molecule has 0 amide bonds. The van der Waals surface area contributed by atoms with E-state index in [4.69, 9.17) is 0 Å². The molecule has 0 fully saturated rings. The second kappa shape index (κ2) is 6.87. The summed E-state index contributed by atoms with van der Waals surface area (Å²) in [7, 11) is 0. The molecule has 0 atom stereocenters. The SMILES string of the molecule is N#CC(C#N)=C1/C(=C2/c3cccnc3-c3c(O)cccc32)C(=O)c2c(F)c(F)c(F)c(F)c21. The van der Waals surface area contributed by atoms with Crippen LogP contribution >= 0.6 is 0 Å². The highest BCUT2D eigenvalue weighted by atomic mass is 19.2. The van der Waals surface area contributed by atoms with Gasteiger partial charge in [0.2, 0.25) is 0 Å². The quantitative estimate of drug-likeness (QED) is 0.138. The number of carbonyl (C=O) groups is 1. The highest BCUT2D eigenvalue weighted by Crippen LogP contribution is 2.53. The summed E-state index contributed by atoms with van der Waals surface area (Å²) < 4.78 is 57.6. The summed E-state index contributed by atoms with van der Waals surface area (Å²) >= 11 is 0. The van der Waals surface area contributed by atoms with Gasteiger partial charge in [-0.15, -0.1) is 0 Å². The zero-order chi connectivity index (χ0) is 23.6. The molecule has 158 valence electrons. The molecule has 1 N–H and O–H groups in total. The van der Waals surface area contributed by atoms with Crippen LogP contribution in [0.3, 0.4) is 0 Å². The van der Waals surface area contributed by atoms with Gasteiger partial charge >= 0.3 is 0 Å². The predicted molar refractivity (Wildman–Crippen MR) is 106 cm³/mol. The predicted octanol–water partition coefficient (Wildman–Crippen LogP) is 4.82. The number of nitriles is 2. The number of ketones is 1. The molecule has 1 aromatic heterocycles. The highest BCUT2D eigenvalue weighted by molar-refractivity contribution is 6.33. The van der Waals surface area contributed by atoms with Crippen LogP contribution in [-0.2, 0) is 0 Å². The maximum atomic E-state index is 14.9. The van der Waals surface area contributed by atoms with Gasteiger partial charge in [-0.3, -0.25) is 9.78 Å². The largest absolute Gasteiger partial charge is 0.507 e. The smallest absolute Gasteiger partial charge is 0.198 e. The van der Waals surface area contributed by atoms with Crippen LogP contribution in [0.4, 0.5) is 17.6 Å². The molecule has 9 heteroatoms. The summed E-state index contributed by atoms with van der Waals surface area (Å²) in [5, 5.41) is 29.4. The number of aromatic hydroxyl groups is 1. The summed E-state index contributed by atoms with van der Waals surface area (Å²) in [5.41, 5.74) is -3.11. The van der Waals surface area contributed by atoms with Crippen molar-refractivity contribution in [3.05, 3.63) is 93.2 Å². The fourth-order valence-electron chi connectivity index (χ4n) is 4.29. The van der Waals surface area contributed by atoms with Crippen molar-refractivity contribution in [3.63, 3.8) is 0 Å². The van der Waals surface area contributed by atoms with E-state index in [0.717, 1.165) is 0 Å². The lowest BCUT2D eigenvalue weighted by Crippen LogP contribution is -2.07. The Labute approximate surface area is 182 Å². The van der Waals surface area contributed by atoms with Crippen LogP contribution in [0.15, 0.2) is 47.7 Å². The van der Waals surface area contributed by atoms with Crippen molar-refractivity contribution in [1.82, 2.24) is 4.98 Å². The summed E-state index contributed by atoms with van der Waals surface area (Å²) in [5.74, 6) is -9.63. The first-order valence-corrected chi connectivity index (χ1v) is 9.31. The first kappa shape index (κ1) is 20.2. The topological polar surface area (TPSA) is 97.8 Å². The number of phenols is 1. The molecular formula is C24H7F4N3O2. The normalized spacial score (nSPS) is 15.6. The van der Waals surface area contributed by atoms with E-state index in [0.29, 0.717) is 0 Å². The average molecular weight is 445 g/mol. The molecule has 1 heterocycles. The number of fused-ring (bicyclic) bond motifs is 4. The number of aromatic nitrogens is 1. The Morgan fingerprint density at radius 1 is 0.818 bits per heavy atom. The number of benzene rings is 2. The van der Waals surface area contributed by atoms with Crippen LogP contribution in [-0.4, -0.2) is 15.9 Å². The molecule has 0 spiro atoms. The standard InChI is InChI=1S/C24H7F4N3O2/c25-19-16-13(9(7-29)8-30)17(24(33)18(16)20(26)22(28)21(19)27)14-10-3-1-5-12(32)15(10)23-11(14)4-2-6-31-23/h1-6,32H/b17-14-. The van der Waals surface area contributed by atoms with Gasteiger partial charge in [-0.1, -0.05) is 18.2 Å². The Bertz CT molecular complexity index is 1590. The molecule has 33 heavy (non-hydrogen) atoms. The van der Waals surface area contributed by atoms with E-state index in [9.17, 15) is 38.0 Å². The average Bonchev–Trinajstić information content (AvgIpc) is 3.30. The first-order chi connectivity index (χ1) is 15.8. The minimum absolute atomic E-state index is 0.0165. The van der Waals surface area contributed by atoms with E-state index in [1.54, 1.807) is 0 Å². The molecule has 5 nitrogen and oxygen atoms in total. The zero-order valence-electron chi connectivity index (χ0n) is 16.2. The summed E-state index contributed by atoms with van der Waals surface area (Å²) in [6, 6.07) is 10.4. The van der Waals surface area contributed by atoms with Gasteiger partial charge in [0.15, 0.2) is 29.1 Å². The third kappa shape index (κ3) is 2.45. The molecule has 0 aliphatic heterocycles. The van der Waals surface area contributed by atoms with Gasteiger partial charge in [0, 0.05) is 34.0 Å². The molecule has 0 unspecified atom stereocenters. The van der Waals surface area contributed by atoms with E-state index >= 15 is 0 Å². The van der Waals surface area contributed by atoms with Crippen LogP contribution in [0.5, 0.6) is 5.75 Å². The zero-order valence-corrected chi connectivity index (χ0v) is 16.2. The Hall–Kier alpha value is -4.76. The third-order valence-electron chi connectivity index (χ3n) is 5.57. The number of allylic oxidation sites excluding steroid dienone is 3. The number of phenolic OH excluding ortho intramolecular Hbond substituents is 1. The van der Waals surface area contributed by atoms with E-state index < -0.39 is 56.9 Å². The molecule has 0 radical (unpaired) electrons. The van der Waals surface area contributed by atoms with E-state index in [1.807, 2.05) is 0 Å². The second-order valence-corrected chi connectivity index (χ2v) is 7.16. The fraction of sp³-hybridized carbons (Fsp3) is 0. The number of hydrogen-bond donors (Lipinski definition) is 1. The molecule has 3 aromatic rings. The molecule has 2 aliphatic carbocycles. The number of nitrogens with zero attached hydrogens (tertiary/aromatic N) is 3. The second-order valence-electron chi connectivity index (χ2n) is 7.16. The molecule has 5 rings (SSSR count). The molecular weight excluding hydrogens is 438 g/mol. The monoisotopic (exact) mass is 445 g/mol. The van der Waals surface area contributed by atoms with Crippen LogP contribution in [0.1, 0.15) is 27.0 Å². The van der Waals surface area contributed by atoms with Crippen LogP contribution in [0.25, 0.3) is 22.4 Å². The van der Waals surface area contributed by atoms with Crippen molar-refractivity contribution >= 4 is 16.9 Å². The molecule has 2 aromatic carbocycles. The minimum atomic E-state index is -2.19. The van der Waals surface area contributed by atoms with E-state index in [1.165, 1.54) is 48.7 Å². The Morgan fingerprint density at radius 2 is 1.45 bits per heavy atom. The van der Waals surface area contributed by atoms with Crippen molar-refractivity contribution in [2.75, 3.05) is 0 Å². The van der Waals surface area contributed by atoms with E-state index in [2.05, 4.69) is 4.98 Å². The highest BCUT2D eigenvalue weighted by Gasteiger charge is 2.44. The maximum Gasteiger partial charge on any atom is 0.198 e. The molecule has 0 saturated heterocycles. The number of hydrogen-bond acceptors (Lipinski definition) is 5. The Kier molecular flexibility index (Phi) is 4.20. The van der Waals surface area contributed by atoms with Gasteiger partial charge in [-0.2, -0.15) is 10.5 Å². The fourth-order valence-corrected chi connectivity index (χ4v) is 4.29. The van der Waals surface area contributed by atoms with Gasteiger partial charge in [-0.25, -0.2) is 17.6 Å². The molecule has 2 aliphatic rings. The molecule has 0 saturated carbocycles. The lowest BCUT2D eigenvalue weighted by Gasteiger charge is -2.10. The van der Waals surface area contributed by atoms with Crippen molar-refractivity contribution in [2.24, 2.45) is 0 Å². The number of pyridine rings is 1.